The monoisotopic (exact) mass is 172 g/mol. The fourth-order valence-corrected chi connectivity index (χ4v) is 4.02. The highest BCUT2D eigenvalue weighted by molar-refractivity contribution is 6.22. The molecule has 2 nitrogen and oxygen atoms in total. The number of carboxylic acid groups (broad SMARTS) is 1. The van der Waals surface area contributed by atoms with E-state index in [-0.39, 0.29) is 11.3 Å². The SMILES string of the molecule is O=C(O)[C@@H]1[C@H]2C[C@H]3[C@@H]([C@H]2Cl)[C@H]31. The Morgan fingerprint density at radius 3 is 2.27 bits per heavy atom. The zero-order valence-electron chi connectivity index (χ0n) is 5.90. The van der Waals surface area contributed by atoms with E-state index in [1.165, 1.54) is 0 Å². The second-order valence-electron chi connectivity index (χ2n) is 4.03. The third-order valence-electron chi connectivity index (χ3n) is 3.77. The van der Waals surface area contributed by atoms with Crippen LogP contribution in [0.3, 0.4) is 0 Å². The predicted molar refractivity (Wildman–Crippen MR) is 39.3 cm³/mol. The Labute approximate surface area is 69.5 Å². The minimum atomic E-state index is -0.617. The van der Waals surface area contributed by atoms with Crippen LogP contribution in [-0.4, -0.2) is 16.5 Å². The molecule has 4 rings (SSSR count). The van der Waals surface area contributed by atoms with Gasteiger partial charge in [0.05, 0.1) is 5.92 Å². The Balaban J connectivity index is 1.97. The molecule has 0 saturated heterocycles. The molecule has 4 fully saturated rings. The highest BCUT2D eigenvalue weighted by atomic mass is 35.5. The van der Waals surface area contributed by atoms with E-state index in [0.717, 1.165) is 6.42 Å². The van der Waals surface area contributed by atoms with Gasteiger partial charge in [0.25, 0.3) is 0 Å². The maximum Gasteiger partial charge on any atom is 0.307 e. The van der Waals surface area contributed by atoms with Crippen molar-refractivity contribution in [3.05, 3.63) is 0 Å². The van der Waals surface area contributed by atoms with Gasteiger partial charge in [-0.3, -0.25) is 4.79 Å². The minimum absolute atomic E-state index is 0.0903. The first-order valence-corrected chi connectivity index (χ1v) is 4.52. The standard InChI is InChI=1S/C8H9ClO2/c9-7-3-1-2-4(5(2)7)6(3)8(10)11/h2-7H,1H2,(H,10,11)/t2-,3-,4+,5-,6-,7+/m1/s1. The van der Waals surface area contributed by atoms with Gasteiger partial charge in [-0.25, -0.2) is 0 Å². The van der Waals surface area contributed by atoms with Gasteiger partial charge in [0.1, 0.15) is 0 Å². The Morgan fingerprint density at radius 1 is 1.36 bits per heavy atom. The van der Waals surface area contributed by atoms with Crippen LogP contribution in [0.15, 0.2) is 0 Å². The zero-order valence-corrected chi connectivity index (χ0v) is 6.66. The molecule has 1 N–H and O–H groups in total. The lowest BCUT2D eigenvalue weighted by molar-refractivity contribution is -0.143. The topological polar surface area (TPSA) is 37.3 Å². The molecule has 0 amide bonds. The van der Waals surface area contributed by atoms with Gasteiger partial charge in [0.2, 0.25) is 0 Å². The summed E-state index contributed by atoms with van der Waals surface area (Å²) in [7, 11) is 0. The molecule has 6 atom stereocenters. The first-order valence-electron chi connectivity index (χ1n) is 4.08. The number of carbonyl (C=O) groups is 1. The average Bonchev–Trinajstić information content (AvgIpc) is 2.33. The minimum Gasteiger partial charge on any atom is -0.481 e. The smallest absolute Gasteiger partial charge is 0.307 e. The van der Waals surface area contributed by atoms with E-state index in [1.54, 1.807) is 0 Å². The van der Waals surface area contributed by atoms with E-state index >= 15 is 0 Å². The van der Waals surface area contributed by atoms with Gasteiger partial charge in [-0.15, -0.1) is 11.6 Å². The summed E-state index contributed by atoms with van der Waals surface area (Å²) in [5.41, 5.74) is 0. The van der Waals surface area contributed by atoms with Crippen molar-refractivity contribution in [2.75, 3.05) is 0 Å². The van der Waals surface area contributed by atoms with Crippen LogP contribution in [0.4, 0.5) is 0 Å². The van der Waals surface area contributed by atoms with Gasteiger partial charge >= 0.3 is 5.97 Å². The van der Waals surface area contributed by atoms with Crippen LogP contribution >= 0.6 is 11.6 Å². The van der Waals surface area contributed by atoms with Crippen molar-refractivity contribution in [3.63, 3.8) is 0 Å². The number of halogens is 1. The van der Waals surface area contributed by atoms with Crippen molar-refractivity contribution < 1.29 is 9.90 Å². The fourth-order valence-electron chi connectivity index (χ4n) is 3.40. The molecular weight excluding hydrogens is 164 g/mol. The number of aliphatic carboxylic acids is 1. The average molecular weight is 173 g/mol. The normalized spacial score (nSPS) is 63.4. The van der Waals surface area contributed by atoms with E-state index in [9.17, 15) is 4.79 Å². The number of alkyl halides is 1. The second kappa shape index (κ2) is 1.58. The van der Waals surface area contributed by atoms with Crippen molar-refractivity contribution in [2.24, 2.45) is 29.6 Å². The van der Waals surface area contributed by atoms with Gasteiger partial charge in [-0.1, -0.05) is 0 Å². The summed E-state index contributed by atoms with van der Waals surface area (Å²) < 4.78 is 0. The van der Waals surface area contributed by atoms with E-state index in [4.69, 9.17) is 16.7 Å². The van der Waals surface area contributed by atoms with E-state index < -0.39 is 5.97 Å². The molecule has 0 heterocycles. The Morgan fingerprint density at radius 2 is 2.09 bits per heavy atom. The van der Waals surface area contributed by atoms with Gasteiger partial charge in [0, 0.05) is 5.38 Å². The predicted octanol–water partition coefficient (Wildman–Crippen LogP) is 1.19. The van der Waals surface area contributed by atoms with Crippen molar-refractivity contribution in [1.29, 1.82) is 0 Å². The van der Waals surface area contributed by atoms with E-state index in [1.807, 2.05) is 0 Å². The van der Waals surface area contributed by atoms with Gasteiger partial charge in [-0.05, 0) is 30.1 Å². The van der Waals surface area contributed by atoms with Gasteiger partial charge < -0.3 is 5.11 Å². The summed E-state index contributed by atoms with van der Waals surface area (Å²) in [5.74, 6) is 1.31. The molecule has 0 aliphatic heterocycles. The largest absolute Gasteiger partial charge is 0.481 e. The fraction of sp³-hybridized carbons (Fsp3) is 0.875. The lowest BCUT2D eigenvalue weighted by Crippen LogP contribution is -2.20. The maximum atomic E-state index is 10.8. The number of rotatable bonds is 1. The van der Waals surface area contributed by atoms with Crippen molar-refractivity contribution in [1.82, 2.24) is 0 Å². The molecule has 11 heavy (non-hydrogen) atoms. The van der Waals surface area contributed by atoms with Crippen LogP contribution < -0.4 is 0 Å². The summed E-state index contributed by atoms with van der Waals surface area (Å²) in [4.78, 5) is 10.8. The molecule has 0 spiro atoms. The lowest BCUT2D eigenvalue weighted by atomic mass is 9.99. The molecule has 0 aromatic heterocycles. The summed E-state index contributed by atoms with van der Waals surface area (Å²) in [5, 5.41) is 9.05. The number of hydrogen-bond acceptors (Lipinski definition) is 1. The second-order valence-corrected chi connectivity index (χ2v) is 4.53. The van der Waals surface area contributed by atoms with Crippen molar-refractivity contribution in [3.8, 4) is 0 Å². The van der Waals surface area contributed by atoms with Crippen LogP contribution in [0, 0.1) is 29.6 Å². The van der Waals surface area contributed by atoms with Crippen LogP contribution in [-0.2, 0) is 4.79 Å². The molecule has 4 bridgehead atoms. The van der Waals surface area contributed by atoms with Gasteiger partial charge in [-0.2, -0.15) is 0 Å². The Hall–Kier alpha value is -0.240. The third-order valence-corrected chi connectivity index (χ3v) is 4.39. The zero-order chi connectivity index (χ0) is 7.75. The van der Waals surface area contributed by atoms with Crippen LogP contribution in [0.25, 0.3) is 0 Å². The first kappa shape index (κ1) is 6.30. The van der Waals surface area contributed by atoms with E-state index in [2.05, 4.69) is 0 Å². The highest BCUT2D eigenvalue weighted by Crippen LogP contribution is 2.74. The molecule has 4 saturated carbocycles. The molecule has 0 aromatic carbocycles. The Bertz CT molecular complexity index is 240. The highest BCUT2D eigenvalue weighted by Gasteiger charge is 2.74. The molecule has 0 aromatic rings. The summed E-state index contributed by atoms with van der Waals surface area (Å²) in [6, 6.07) is 0. The molecule has 4 aliphatic carbocycles. The number of carboxylic acids is 1. The summed E-state index contributed by atoms with van der Waals surface area (Å²) in [6.45, 7) is 0. The van der Waals surface area contributed by atoms with Crippen molar-refractivity contribution in [2.45, 2.75) is 11.8 Å². The molecule has 4 aliphatic rings. The third kappa shape index (κ3) is 0.516. The maximum absolute atomic E-state index is 10.8. The Kier molecular flexibility index (Phi) is 0.905. The summed E-state index contributed by atoms with van der Waals surface area (Å²) >= 11 is 6.07. The quantitative estimate of drug-likeness (QED) is 0.604. The van der Waals surface area contributed by atoms with E-state index in [0.29, 0.717) is 23.7 Å². The van der Waals surface area contributed by atoms with Crippen LogP contribution in [0.2, 0.25) is 0 Å². The number of hydrogen-bond donors (Lipinski definition) is 1. The molecular formula is C8H9ClO2. The molecule has 0 unspecified atom stereocenters. The van der Waals surface area contributed by atoms with Crippen LogP contribution in [0.5, 0.6) is 0 Å². The first-order chi connectivity index (χ1) is 5.22. The van der Waals surface area contributed by atoms with Crippen LogP contribution in [0.1, 0.15) is 6.42 Å². The molecule has 3 heteroatoms. The summed E-state index contributed by atoms with van der Waals surface area (Å²) in [6.07, 6.45) is 1.08. The van der Waals surface area contributed by atoms with Crippen molar-refractivity contribution >= 4 is 17.6 Å². The van der Waals surface area contributed by atoms with Gasteiger partial charge in [0.15, 0.2) is 0 Å². The molecule has 0 radical (unpaired) electrons. The molecule has 60 valence electrons. The lowest BCUT2D eigenvalue weighted by Gasteiger charge is -2.10.